The smallest absolute Gasteiger partial charge is 0.146 e. The molecule has 0 fully saturated rings. The van der Waals surface area contributed by atoms with E-state index in [-0.39, 0.29) is 5.82 Å². The van der Waals surface area contributed by atoms with Gasteiger partial charge in [-0.2, -0.15) is 0 Å². The minimum Gasteiger partial charge on any atom is -0.205 e. The summed E-state index contributed by atoms with van der Waals surface area (Å²) in [4.78, 5) is 0. The van der Waals surface area contributed by atoms with Crippen LogP contribution in [0, 0.1) is 17.7 Å². The first-order valence-electron chi connectivity index (χ1n) is 14.1. The van der Waals surface area contributed by atoms with E-state index >= 15 is 4.39 Å². The molecule has 0 saturated heterocycles. The van der Waals surface area contributed by atoms with Gasteiger partial charge in [0.1, 0.15) is 5.82 Å². The Kier molecular flexibility index (Phi) is 9.96. The van der Waals surface area contributed by atoms with E-state index in [9.17, 15) is 0 Å². The molecule has 4 rings (SSSR count). The molecular weight excluding hydrogens is 451 g/mol. The van der Waals surface area contributed by atoms with Crippen molar-refractivity contribution in [1.82, 2.24) is 0 Å². The molecule has 0 aliphatic carbocycles. The maximum absolute atomic E-state index is 15.2. The van der Waals surface area contributed by atoms with Crippen molar-refractivity contribution < 1.29 is 4.39 Å². The van der Waals surface area contributed by atoms with Gasteiger partial charge in [0.15, 0.2) is 0 Å². The van der Waals surface area contributed by atoms with Gasteiger partial charge in [-0.1, -0.05) is 118 Å². The van der Waals surface area contributed by atoms with Crippen molar-refractivity contribution in [1.29, 1.82) is 0 Å². The van der Waals surface area contributed by atoms with Gasteiger partial charge in [-0.15, -0.1) is 0 Å². The monoisotopic (exact) mass is 490 g/mol. The highest BCUT2D eigenvalue weighted by Crippen LogP contribution is 2.23. The second kappa shape index (κ2) is 13.8. The molecule has 1 heteroatoms. The molecule has 0 saturated carbocycles. The number of rotatable bonds is 11. The van der Waals surface area contributed by atoms with E-state index in [2.05, 4.69) is 74.2 Å². The van der Waals surface area contributed by atoms with Gasteiger partial charge in [0.05, 0.1) is 5.56 Å². The Hall–Kier alpha value is -3.37. The molecule has 0 spiro atoms. The molecule has 4 aromatic rings. The van der Waals surface area contributed by atoms with Crippen molar-refractivity contribution >= 4 is 10.8 Å². The molecule has 0 unspecified atom stereocenters. The average molecular weight is 491 g/mol. The van der Waals surface area contributed by atoms with E-state index < -0.39 is 0 Å². The largest absolute Gasteiger partial charge is 0.205 e. The van der Waals surface area contributed by atoms with Gasteiger partial charge in [0, 0.05) is 10.9 Å². The number of unbranched alkanes of at least 4 members (excludes halogenated alkanes) is 4. The number of fused-ring (bicyclic) bond motifs is 1. The molecule has 4 aromatic carbocycles. The van der Waals surface area contributed by atoms with E-state index in [1.165, 1.54) is 60.8 Å². The molecule has 0 heterocycles. The van der Waals surface area contributed by atoms with Crippen LogP contribution >= 0.6 is 0 Å². The molecule has 0 aromatic heterocycles. The molecule has 37 heavy (non-hydrogen) atoms. The molecule has 0 amide bonds. The molecular formula is C36H39F. The third kappa shape index (κ3) is 7.80. The van der Waals surface area contributed by atoms with Gasteiger partial charge in [-0.3, -0.25) is 0 Å². The van der Waals surface area contributed by atoms with Crippen LogP contribution in [0.25, 0.3) is 10.8 Å². The maximum atomic E-state index is 15.2. The second-order valence-electron chi connectivity index (χ2n) is 10.2. The summed E-state index contributed by atoms with van der Waals surface area (Å²) in [7, 11) is 0. The predicted octanol–water partition coefficient (Wildman–Crippen LogP) is 9.63. The van der Waals surface area contributed by atoms with Crippen LogP contribution in [-0.4, -0.2) is 0 Å². The number of halogens is 1. The minimum atomic E-state index is -0.221. The Balaban J connectivity index is 1.36. The number of hydrogen-bond donors (Lipinski definition) is 0. The molecule has 0 nitrogen and oxygen atoms in total. The SMILES string of the molecule is CCCCCCCc1ccc2c(F)c(C#Cc3ccc(CCc4ccc(CCC)cc4)cc3)ccc2c1. The van der Waals surface area contributed by atoms with Crippen LogP contribution < -0.4 is 0 Å². The fraction of sp³-hybridized carbons (Fsp3) is 0.333. The standard InChI is InChI=1S/C36H39F/c1-3-5-6-7-8-10-32-22-26-35-34(27-32)25-24-33(36(35)37)23-21-31-19-17-30(18-20-31)16-15-29-13-11-28(9-4-2)12-14-29/h11-14,17-20,22,24-27H,3-10,15-16H2,1-2H3. The molecule has 0 aliphatic heterocycles. The van der Waals surface area contributed by atoms with Gasteiger partial charge >= 0.3 is 0 Å². The van der Waals surface area contributed by atoms with Crippen LogP contribution in [0.1, 0.15) is 85.8 Å². The van der Waals surface area contributed by atoms with Crippen molar-refractivity contribution in [2.45, 2.75) is 78.1 Å². The Morgan fingerprint density at radius 2 is 1.16 bits per heavy atom. The third-order valence-electron chi connectivity index (χ3n) is 7.15. The topological polar surface area (TPSA) is 0 Å². The summed E-state index contributed by atoms with van der Waals surface area (Å²) in [5.41, 5.74) is 6.72. The molecule has 0 radical (unpaired) electrons. The first-order valence-corrected chi connectivity index (χ1v) is 14.1. The lowest BCUT2D eigenvalue weighted by Crippen LogP contribution is -1.92. The molecule has 0 N–H and O–H groups in total. The summed E-state index contributed by atoms with van der Waals surface area (Å²) in [6.07, 6.45) is 11.8. The summed E-state index contributed by atoms with van der Waals surface area (Å²) in [5.74, 6) is 5.99. The lowest BCUT2D eigenvalue weighted by atomic mass is 10.00. The van der Waals surface area contributed by atoms with Gasteiger partial charge in [-0.05, 0) is 77.9 Å². The quantitative estimate of drug-likeness (QED) is 0.145. The van der Waals surface area contributed by atoms with Crippen LogP contribution in [0.2, 0.25) is 0 Å². The number of benzene rings is 4. The second-order valence-corrected chi connectivity index (χ2v) is 10.2. The summed E-state index contributed by atoms with van der Waals surface area (Å²) in [6.45, 7) is 4.45. The van der Waals surface area contributed by atoms with E-state index in [0.29, 0.717) is 10.9 Å². The van der Waals surface area contributed by atoms with Gasteiger partial charge in [0.2, 0.25) is 0 Å². The molecule has 0 atom stereocenters. The Morgan fingerprint density at radius 3 is 1.84 bits per heavy atom. The van der Waals surface area contributed by atoms with Crippen molar-refractivity contribution in [2.24, 2.45) is 0 Å². The van der Waals surface area contributed by atoms with Crippen LogP contribution in [-0.2, 0) is 25.7 Å². The van der Waals surface area contributed by atoms with Gasteiger partial charge < -0.3 is 0 Å². The highest BCUT2D eigenvalue weighted by Gasteiger charge is 2.07. The zero-order valence-corrected chi connectivity index (χ0v) is 22.5. The van der Waals surface area contributed by atoms with Crippen LogP contribution in [0.3, 0.4) is 0 Å². The van der Waals surface area contributed by atoms with Crippen molar-refractivity contribution in [3.05, 3.63) is 118 Å². The summed E-state index contributed by atoms with van der Waals surface area (Å²) in [6, 6.07) is 27.3. The normalized spacial score (nSPS) is 10.9. The van der Waals surface area contributed by atoms with Crippen molar-refractivity contribution in [3.8, 4) is 11.8 Å². The Labute approximate surface area is 223 Å². The van der Waals surface area contributed by atoms with E-state index in [0.717, 1.165) is 36.6 Å². The minimum absolute atomic E-state index is 0.221. The summed E-state index contributed by atoms with van der Waals surface area (Å²) in [5, 5.41) is 1.61. The Morgan fingerprint density at radius 1 is 0.541 bits per heavy atom. The maximum Gasteiger partial charge on any atom is 0.146 e. The van der Waals surface area contributed by atoms with Crippen LogP contribution in [0.5, 0.6) is 0 Å². The molecule has 190 valence electrons. The van der Waals surface area contributed by atoms with Crippen LogP contribution in [0.15, 0.2) is 78.9 Å². The predicted molar refractivity (Wildman–Crippen MR) is 157 cm³/mol. The first-order chi connectivity index (χ1) is 18.2. The lowest BCUT2D eigenvalue weighted by Gasteiger charge is -2.06. The van der Waals surface area contributed by atoms with Crippen molar-refractivity contribution in [2.75, 3.05) is 0 Å². The highest BCUT2D eigenvalue weighted by molar-refractivity contribution is 5.85. The zero-order chi connectivity index (χ0) is 25.9. The number of aryl methyl sites for hydroxylation is 4. The summed E-state index contributed by atoms with van der Waals surface area (Å²) >= 11 is 0. The summed E-state index contributed by atoms with van der Waals surface area (Å²) < 4.78 is 15.2. The lowest BCUT2D eigenvalue weighted by molar-refractivity contribution is 0.631. The average Bonchev–Trinajstić information content (AvgIpc) is 2.93. The number of hydrogen-bond acceptors (Lipinski definition) is 0. The zero-order valence-electron chi connectivity index (χ0n) is 22.5. The highest BCUT2D eigenvalue weighted by atomic mass is 19.1. The van der Waals surface area contributed by atoms with Gasteiger partial charge in [0.25, 0.3) is 0 Å². The van der Waals surface area contributed by atoms with Crippen molar-refractivity contribution in [3.63, 3.8) is 0 Å². The van der Waals surface area contributed by atoms with Gasteiger partial charge in [-0.25, -0.2) is 4.39 Å². The molecule has 0 bridgehead atoms. The van der Waals surface area contributed by atoms with E-state index in [1.54, 1.807) is 0 Å². The molecule has 0 aliphatic rings. The fourth-order valence-electron chi connectivity index (χ4n) is 4.87. The van der Waals surface area contributed by atoms with Crippen LogP contribution in [0.4, 0.5) is 4.39 Å². The Bertz CT molecular complexity index is 1330. The van der Waals surface area contributed by atoms with E-state index in [4.69, 9.17) is 0 Å². The third-order valence-corrected chi connectivity index (χ3v) is 7.15. The first kappa shape index (κ1) is 26.7. The van der Waals surface area contributed by atoms with E-state index in [1.807, 2.05) is 30.3 Å². The fourth-order valence-corrected chi connectivity index (χ4v) is 4.87.